The van der Waals surface area contributed by atoms with Crippen LogP contribution in [0.15, 0.2) is 48.6 Å². The first-order chi connectivity index (χ1) is 14.4. The molecule has 6 heteroatoms. The highest BCUT2D eigenvalue weighted by molar-refractivity contribution is 5.81. The maximum atomic E-state index is 12.2. The van der Waals surface area contributed by atoms with Crippen molar-refractivity contribution < 1.29 is 24.2 Å². The Labute approximate surface area is 178 Å². The number of carbonyl (C=O) groups is 3. The van der Waals surface area contributed by atoms with Crippen molar-refractivity contribution in [2.75, 3.05) is 6.61 Å². The van der Waals surface area contributed by atoms with E-state index in [4.69, 9.17) is 9.84 Å². The van der Waals surface area contributed by atoms with Gasteiger partial charge in [0, 0.05) is 12.5 Å². The topological polar surface area (TPSA) is 92.7 Å². The summed E-state index contributed by atoms with van der Waals surface area (Å²) in [4.78, 5) is 35.0. The first-order valence-corrected chi connectivity index (χ1v) is 10.5. The minimum Gasteiger partial charge on any atom is -0.481 e. The molecule has 0 radical (unpaired) electrons. The van der Waals surface area contributed by atoms with Crippen LogP contribution in [0.25, 0.3) is 5.57 Å². The van der Waals surface area contributed by atoms with Crippen LogP contribution in [0.2, 0.25) is 0 Å². The van der Waals surface area contributed by atoms with Gasteiger partial charge < -0.3 is 15.2 Å². The molecule has 1 amide bonds. The third kappa shape index (κ3) is 7.85. The highest BCUT2D eigenvalue weighted by Gasteiger charge is 2.24. The number of aliphatic carboxylic acids is 1. The Morgan fingerprint density at radius 1 is 1.20 bits per heavy atom. The van der Waals surface area contributed by atoms with Gasteiger partial charge in [0.1, 0.15) is 0 Å². The molecule has 1 unspecified atom stereocenters. The Bertz CT molecular complexity index is 784. The molecule has 0 saturated carbocycles. The lowest BCUT2D eigenvalue weighted by atomic mass is 9.86. The van der Waals surface area contributed by atoms with E-state index in [-0.39, 0.29) is 42.6 Å². The SMILES string of the molecule is CCOC(=O)[C@H](C)C[C@@H](CC1C=CC(c2ccccc2)=CC1)NC(=O)CCC(=O)O. The second-order valence-corrected chi connectivity index (χ2v) is 7.66. The van der Waals surface area contributed by atoms with Gasteiger partial charge in [-0.15, -0.1) is 0 Å². The number of benzene rings is 1. The van der Waals surface area contributed by atoms with Gasteiger partial charge in [-0.25, -0.2) is 0 Å². The van der Waals surface area contributed by atoms with Crippen LogP contribution in [0.3, 0.4) is 0 Å². The van der Waals surface area contributed by atoms with Crippen LogP contribution in [0.4, 0.5) is 0 Å². The van der Waals surface area contributed by atoms with Crippen molar-refractivity contribution in [3.8, 4) is 0 Å². The maximum absolute atomic E-state index is 12.2. The molecule has 0 saturated heterocycles. The highest BCUT2D eigenvalue weighted by Crippen LogP contribution is 2.28. The summed E-state index contributed by atoms with van der Waals surface area (Å²) < 4.78 is 5.09. The van der Waals surface area contributed by atoms with Crippen molar-refractivity contribution in [1.82, 2.24) is 5.32 Å². The summed E-state index contributed by atoms with van der Waals surface area (Å²) >= 11 is 0. The fourth-order valence-corrected chi connectivity index (χ4v) is 3.59. The summed E-state index contributed by atoms with van der Waals surface area (Å²) in [6, 6.07) is 9.92. The minimum atomic E-state index is -1.00. The van der Waals surface area contributed by atoms with E-state index in [0.29, 0.717) is 19.4 Å². The van der Waals surface area contributed by atoms with Crippen molar-refractivity contribution >= 4 is 23.4 Å². The summed E-state index contributed by atoms with van der Waals surface area (Å²) in [6.45, 7) is 3.87. The van der Waals surface area contributed by atoms with Gasteiger partial charge in [0.2, 0.25) is 5.91 Å². The quantitative estimate of drug-likeness (QED) is 0.536. The molecule has 0 aliphatic heterocycles. The van der Waals surface area contributed by atoms with Crippen molar-refractivity contribution in [3.05, 3.63) is 54.1 Å². The molecule has 1 aromatic rings. The molecule has 0 bridgehead atoms. The molecule has 0 heterocycles. The first-order valence-electron chi connectivity index (χ1n) is 10.5. The van der Waals surface area contributed by atoms with E-state index < -0.39 is 5.97 Å². The summed E-state index contributed by atoms with van der Waals surface area (Å²) in [5, 5.41) is 11.7. The monoisotopic (exact) mass is 413 g/mol. The molecule has 3 atom stereocenters. The lowest BCUT2D eigenvalue weighted by Crippen LogP contribution is -2.38. The van der Waals surface area contributed by atoms with Gasteiger partial charge in [0.15, 0.2) is 0 Å². The van der Waals surface area contributed by atoms with Crippen LogP contribution in [-0.4, -0.2) is 35.6 Å². The normalized spacial score (nSPS) is 17.5. The zero-order valence-corrected chi connectivity index (χ0v) is 17.7. The second-order valence-electron chi connectivity index (χ2n) is 7.66. The number of ether oxygens (including phenoxy) is 1. The predicted molar refractivity (Wildman–Crippen MR) is 115 cm³/mol. The third-order valence-electron chi connectivity index (χ3n) is 5.14. The fraction of sp³-hybridized carbons (Fsp3) is 0.458. The molecule has 1 aromatic carbocycles. The Balaban J connectivity index is 1.99. The average molecular weight is 414 g/mol. The Morgan fingerprint density at radius 2 is 1.93 bits per heavy atom. The first kappa shape index (κ1) is 23.4. The van der Waals surface area contributed by atoms with Crippen LogP contribution in [0, 0.1) is 11.8 Å². The van der Waals surface area contributed by atoms with Crippen LogP contribution in [0.5, 0.6) is 0 Å². The van der Waals surface area contributed by atoms with Gasteiger partial charge in [-0.2, -0.15) is 0 Å². The number of amides is 1. The lowest BCUT2D eigenvalue weighted by molar-refractivity contribution is -0.148. The molecule has 2 N–H and O–H groups in total. The molecule has 0 fully saturated rings. The van der Waals surface area contributed by atoms with Gasteiger partial charge in [0.05, 0.1) is 18.9 Å². The predicted octanol–water partition coefficient (Wildman–Crippen LogP) is 3.98. The summed E-state index contributed by atoms with van der Waals surface area (Å²) in [7, 11) is 0. The van der Waals surface area contributed by atoms with E-state index in [1.54, 1.807) is 13.8 Å². The molecule has 1 aliphatic carbocycles. The maximum Gasteiger partial charge on any atom is 0.308 e. The van der Waals surface area contributed by atoms with Gasteiger partial charge in [-0.1, -0.05) is 55.5 Å². The number of nitrogens with one attached hydrogen (secondary N) is 1. The molecule has 2 rings (SSSR count). The number of carbonyl (C=O) groups excluding carboxylic acids is 2. The molecular weight excluding hydrogens is 382 g/mol. The number of carboxylic acids is 1. The Kier molecular flexibility index (Phi) is 9.32. The van der Waals surface area contributed by atoms with E-state index in [2.05, 4.69) is 35.7 Å². The number of hydrogen-bond donors (Lipinski definition) is 2. The van der Waals surface area contributed by atoms with Gasteiger partial charge >= 0.3 is 11.9 Å². The van der Waals surface area contributed by atoms with E-state index in [0.717, 1.165) is 6.42 Å². The number of rotatable bonds is 11. The zero-order chi connectivity index (χ0) is 21.9. The standard InChI is InChI=1S/C24H31NO5/c1-3-30-24(29)17(2)15-21(25-22(26)13-14-23(27)28)16-18-9-11-20(12-10-18)19-7-5-4-6-8-19/h4-9,11-12,17-18,21H,3,10,13-16H2,1-2H3,(H,25,26)(H,27,28)/t17-,18?,21+/m1/s1. The molecule has 0 spiro atoms. The Morgan fingerprint density at radius 3 is 2.53 bits per heavy atom. The third-order valence-corrected chi connectivity index (χ3v) is 5.14. The van der Waals surface area contributed by atoms with E-state index in [1.807, 2.05) is 18.2 Å². The van der Waals surface area contributed by atoms with Crippen molar-refractivity contribution in [2.24, 2.45) is 11.8 Å². The number of carboxylic acid groups (broad SMARTS) is 1. The van der Waals surface area contributed by atoms with E-state index in [1.165, 1.54) is 11.1 Å². The summed E-state index contributed by atoms with van der Waals surface area (Å²) in [6.07, 6.45) is 8.13. The Hall–Kier alpha value is -2.89. The summed E-state index contributed by atoms with van der Waals surface area (Å²) in [5.74, 6) is -1.71. The molecule has 6 nitrogen and oxygen atoms in total. The second kappa shape index (κ2) is 12.0. The molecule has 1 aliphatic rings. The highest BCUT2D eigenvalue weighted by atomic mass is 16.5. The van der Waals surface area contributed by atoms with Crippen LogP contribution >= 0.6 is 0 Å². The molecule has 30 heavy (non-hydrogen) atoms. The van der Waals surface area contributed by atoms with Crippen molar-refractivity contribution in [2.45, 2.75) is 52.0 Å². The zero-order valence-electron chi connectivity index (χ0n) is 17.7. The molecular formula is C24H31NO5. The van der Waals surface area contributed by atoms with E-state index >= 15 is 0 Å². The number of hydrogen-bond acceptors (Lipinski definition) is 4. The van der Waals surface area contributed by atoms with Crippen LogP contribution in [-0.2, 0) is 19.1 Å². The van der Waals surface area contributed by atoms with Gasteiger partial charge in [-0.3, -0.25) is 14.4 Å². The molecule has 162 valence electrons. The largest absolute Gasteiger partial charge is 0.481 e. The summed E-state index contributed by atoms with van der Waals surface area (Å²) in [5.41, 5.74) is 2.34. The van der Waals surface area contributed by atoms with Crippen molar-refractivity contribution in [1.29, 1.82) is 0 Å². The minimum absolute atomic E-state index is 0.0712. The number of esters is 1. The van der Waals surface area contributed by atoms with Crippen molar-refractivity contribution in [3.63, 3.8) is 0 Å². The van der Waals surface area contributed by atoms with E-state index in [9.17, 15) is 14.4 Å². The van der Waals surface area contributed by atoms with Crippen LogP contribution < -0.4 is 5.32 Å². The lowest BCUT2D eigenvalue weighted by Gasteiger charge is -2.26. The smallest absolute Gasteiger partial charge is 0.308 e. The van der Waals surface area contributed by atoms with Crippen LogP contribution in [0.1, 0.15) is 51.5 Å². The van der Waals surface area contributed by atoms with Gasteiger partial charge in [-0.05, 0) is 43.2 Å². The number of allylic oxidation sites excluding steroid dienone is 4. The molecule has 0 aromatic heterocycles. The van der Waals surface area contributed by atoms with Gasteiger partial charge in [0.25, 0.3) is 0 Å². The fourth-order valence-electron chi connectivity index (χ4n) is 3.59. The average Bonchev–Trinajstić information content (AvgIpc) is 2.73.